The van der Waals surface area contributed by atoms with Gasteiger partial charge >= 0.3 is 0 Å². The van der Waals surface area contributed by atoms with E-state index in [-0.39, 0.29) is 17.8 Å². The molecule has 1 heterocycles. The van der Waals surface area contributed by atoms with Gasteiger partial charge in [0.2, 0.25) is 0 Å². The van der Waals surface area contributed by atoms with Gasteiger partial charge in [0.1, 0.15) is 5.82 Å². The molecule has 1 amide bonds. The maximum absolute atomic E-state index is 13.2. The van der Waals surface area contributed by atoms with Crippen LogP contribution in [-0.2, 0) is 0 Å². The number of carbonyl (C=O) groups excluding carboxylic acids is 1. The summed E-state index contributed by atoms with van der Waals surface area (Å²) in [5.74, 6) is -0.415. The van der Waals surface area contributed by atoms with Crippen molar-refractivity contribution in [1.82, 2.24) is 10.6 Å². The van der Waals surface area contributed by atoms with Crippen LogP contribution in [0.3, 0.4) is 0 Å². The number of benzene rings is 1. The van der Waals surface area contributed by atoms with Crippen LogP contribution in [0.1, 0.15) is 42.1 Å². The van der Waals surface area contributed by atoms with Gasteiger partial charge in [-0.15, -0.1) is 0 Å². The number of piperidine rings is 1. The van der Waals surface area contributed by atoms with Crippen LogP contribution in [0.4, 0.5) is 4.39 Å². The Morgan fingerprint density at radius 2 is 2.26 bits per heavy atom. The second kappa shape index (κ2) is 6.15. The monoisotopic (exact) mass is 264 g/mol. The van der Waals surface area contributed by atoms with Gasteiger partial charge in [0, 0.05) is 17.6 Å². The van der Waals surface area contributed by atoms with Crippen molar-refractivity contribution >= 4 is 5.91 Å². The number of aryl methyl sites for hydroxylation is 1. The lowest BCUT2D eigenvalue weighted by atomic mass is 9.98. The number of halogens is 1. The summed E-state index contributed by atoms with van der Waals surface area (Å²) in [6.45, 7) is 4.69. The Labute approximate surface area is 113 Å². The molecule has 3 nitrogen and oxygen atoms in total. The number of amides is 1. The van der Waals surface area contributed by atoms with Crippen LogP contribution < -0.4 is 10.6 Å². The summed E-state index contributed by atoms with van der Waals surface area (Å²) >= 11 is 0. The molecule has 2 N–H and O–H groups in total. The van der Waals surface area contributed by atoms with Crippen LogP contribution in [-0.4, -0.2) is 24.5 Å². The highest BCUT2D eigenvalue weighted by molar-refractivity contribution is 5.94. The molecule has 1 fully saturated rings. The van der Waals surface area contributed by atoms with Crippen molar-refractivity contribution in [1.29, 1.82) is 0 Å². The van der Waals surface area contributed by atoms with E-state index in [1.807, 2.05) is 6.92 Å². The molecular weight excluding hydrogens is 243 g/mol. The molecule has 0 aliphatic carbocycles. The predicted octanol–water partition coefficient (Wildman–Crippen LogP) is 2.39. The molecule has 2 unspecified atom stereocenters. The second-order valence-corrected chi connectivity index (χ2v) is 5.28. The summed E-state index contributed by atoms with van der Waals surface area (Å²) in [5, 5.41) is 6.41. The van der Waals surface area contributed by atoms with E-state index in [4.69, 9.17) is 0 Å². The number of rotatable bonds is 3. The molecule has 1 saturated heterocycles. The normalized spacial score (nSPS) is 20.9. The van der Waals surface area contributed by atoms with Crippen molar-refractivity contribution in [3.05, 3.63) is 35.1 Å². The zero-order chi connectivity index (χ0) is 13.8. The largest absolute Gasteiger partial charge is 0.348 e. The fourth-order valence-corrected chi connectivity index (χ4v) is 2.48. The number of nitrogens with one attached hydrogen (secondary N) is 2. The first-order valence-electron chi connectivity index (χ1n) is 6.88. The summed E-state index contributed by atoms with van der Waals surface area (Å²) in [4.78, 5) is 12.1. The molecule has 1 aliphatic heterocycles. The van der Waals surface area contributed by atoms with Crippen molar-refractivity contribution in [2.45, 2.75) is 45.2 Å². The number of carbonyl (C=O) groups is 1. The molecule has 2 rings (SSSR count). The van der Waals surface area contributed by atoms with Crippen molar-refractivity contribution in [3.8, 4) is 0 Å². The Morgan fingerprint density at radius 3 is 2.89 bits per heavy atom. The summed E-state index contributed by atoms with van der Waals surface area (Å²) in [5.41, 5.74) is 1.01. The van der Waals surface area contributed by atoms with Crippen LogP contribution in [0, 0.1) is 12.7 Å². The van der Waals surface area contributed by atoms with E-state index in [1.54, 1.807) is 13.0 Å². The second-order valence-electron chi connectivity index (χ2n) is 5.28. The van der Waals surface area contributed by atoms with E-state index < -0.39 is 0 Å². The molecule has 19 heavy (non-hydrogen) atoms. The van der Waals surface area contributed by atoms with Gasteiger partial charge in [-0.1, -0.05) is 6.42 Å². The van der Waals surface area contributed by atoms with Gasteiger partial charge < -0.3 is 10.6 Å². The first kappa shape index (κ1) is 14.0. The van der Waals surface area contributed by atoms with Crippen molar-refractivity contribution in [3.63, 3.8) is 0 Å². The summed E-state index contributed by atoms with van der Waals surface area (Å²) < 4.78 is 13.2. The van der Waals surface area contributed by atoms with Gasteiger partial charge in [-0.25, -0.2) is 4.39 Å². The fraction of sp³-hybridized carbons (Fsp3) is 0.533. The highest BCUT2D eigenvalue weighted by Crippen LogP contribution is 2.12. The molecule has 0 bridgehead atoms. The SMILES string of the molecule is Cc1cc(C(=O)NC(C)C2CCCCN2)ccc1F. The third-order valence-electron chi connectivity index (χ3n) is 3.73. The van der Waals surface area contributed by atoms with E-state index >= 15 is 0 Å². The van der Waals surface area contributed by atoms with E-state index in [2.05, 4.69) is 10.6 Å². The average molecular weight is 264 g/mol. The highest BCUT2D eigenvalue weighted by atomic mass is 19.1. The minimum Gasteiger partial charge on any atom is -0.348 e. The molecule has 0 spiro atoms. The lowest BCUT2D eigenvalue weighted by Gasteiger charge is -2.29. The molecule has 4 heteroatoms. The Hall–Kier alpha value is -1.42. The van der Waals surface area contributed by atoms with Gasteiger partial charge in [-0.05, 0) is 57.0 Å². The summed E-state index contributed by atoms with van der Waals surface area (Å²) in [7, 11) is 0. The van der Waals surface area contributed by atoms with Gasteiger partial charge in [-0.2, -0.15) is 0 Å². The highest BCUT2D eigenvalue weighted by Gasteiger charge is 2.21. The topological polar surface area (TPSA) is 41.1 Å². The molecule has 0 radical (unpaired) electrons. The maximum Gasteiger partial charge on any atom is 0.251 e. The minimum atomic E-state index is -0.279. The van der Waals surface area contributed by atoms with Crippen molar-refractivity contribution in [2.24, 2.45) is 0 Å². The quantitative estimate of drug-likeness (QED) is 0.880. The summed E-state index contributed by atoms with van der Waals surface area (Å²) in [6, 6.07) is 4.87. The standard InChI is InChI=1S/C15H21FN2O/c1-10-9-12(6-7-13(10)16)15(19)18-11(2)14-5-3-4-8-17-14/h6-7,9,11,14,17H,3-5,8H2,1-2H3,(H,18,19). The zero-order valence-electron chi connectivity index (χ0n) is 11.5. The first-order chi connectivity index (χ1) is 9.08. The molecule has 1 aromatic carbocycles. The van der Waals surface area contributed by atoms with Crippen LogP contribution in [0.25, 0.3) is 0 Å². The lowest BCUT2D eigenvalue weighted by Crippen LogP contribution is -2.50. The van der Waals surface area contributed by atoms with E-state index in [9.17, 15) is 9.18 Å². The molecule has 0 aromatic heterocycles. The number of hydrogen-bond donors (Lipinski definition) is 2. The van der Waals surface area contributed by atoms with E-state index in [0.717, 1.165) is 13.0 Å². The summed E-state index contributed by atoms with van der Waals surface area (Å²) in [6.07, 6.45) is 3.49. The average Bonchev–Trinajstić information content (AvgIpc) is 2.42. The molecule has 0 saturated carbocycles. The zero-order valence-corrected chi connectivity index (χ0v) is 11.5. The smallest absolute Gasteiger partial charge is 0.251 e. The number of hydrogen-bond acceptors (Lipinski definition) is 2. The fourth-order valence-electron chi connectivity index (χ4n) is 2.48. The first-order valence-corrected chi connectivity index (χ1v) is 6.88. The molecule has 1 aliphatic rings. The van der Waals surface area contributed by atoms with Gasteiger partial charge in [0.15, 0.2) is 0 Å². The third kappa shape index (κ3) is 3.53. The Balaban J connectivity index is 1.97. The maximum atomic E-state index is 13.2. The van der Waals surface area contributed by atoms with Crippen LogP contribution in [0.15, 0.2) is 18.2 Å². The Kier molecular flexibility index (Phi) is 4.53. The van der Waals surface area contributed by atoms with E-state index in [1.165, 1.54) is 25.0 Å². The van der Waals surface area contributed by atoms with Gasteiger partial charge in [0.05, 0.1) is 0 Å². The van der Waals surface area contributed by atoms with Crippen molar-refractivity contribution in [2.75, 3.05) is 6.54 Å². The molecule has 2 atom stereocenters. The van der Waals surface area contributed by atoms with Gasteiger partial charge in [0.25, 0.3) is 5.91 Å². The van der Waals surface area contributed by atoms with Crippen molar-refractivity contribution < 1.29 is 9.18 Å². The van der Waals surface area contributed by atoms with E-state index in [0.29, 0.717) is 17.2 Å². The molecule has 104 valence electrons. The van der Waals surface area contributed by atoms with Crippen LogP contribution >= 0.6 is 0 Å². The Bertz CT molecular complexity index is 455. The molecular formula is C15H21FN2O. The van der Waals surface area contributed by atoms with Gasteiger partial charge in [-0.3, -0.25) is 4.79 Å². The third-order valence-corrected chi connectivity index (χ3v) is 3.73. The Morgan fingerprint density at radius 1 is 1.47 bits per heavy atom. The predicted molar refractivity (Wildman–Crippen MR) is 73.7 cm³/mol. The minimum absolute atomic E-state index is 0.0816. The molecule has 1 aromatic rings. The van der Waals surface area contributed by atoms with Crippen LogP contribution in [0.2, 0.25) is 0 Å². The lowest BCUT2D eigenvalue weighted by molar-refractivity contribution is 0.0928. The van der Waals surface area contributed by atoms with Crippen LogP contribution in [0.5, 0.6) is 0 Å².